The van der Waals surface area contributed by atoms with Crippen molar-refractivity contribution < 1.29 is 19.4 Å². The van der Waals surface area contributed by atoms with Gasteiger partial charge < -0.3 is 9.84 Å². The Balaban J connectivity index is 2.09. The van der Waals surface area contributed by atoms with Crippen molar-refractivity contribution in [2.45, 2.75) is 86.0 Å². The monoisotopic (exact) mass is 364 g/mol. The molecule has 0 amide bonds. The number of hydrogen-bond donors (Lipinski definition) is 1. The molecular formula is C22H36O4. The van der Waals surface area contributed by atoms with Crippen molar-refractivity contribution in [1.29, 1.82) is 0 Å². The van der Waals surface area contributed by atoms with E-state index >= 15 is 0 Å². The third kappa shape index (κ3) is 4.15. The van der Waals surface area contributed by atoms with Crippen LogP contribution in [0.15, 0.2) is 11.1 Å². The Hall–Kier alpha value is -1.32. The Morgan fingerprint density at radius 3 is 2.58 bits per heavy atom. The predicted molar refractivity (Wildman–Crippen MR) is 103 cm³/mol. The van der Waals surface area contributed by atoms with Crippen LogP contribution >= 0.6 is 0 Å². The standard InChI is InChI=1S/C22H36O4/c1-15(11-14-26-17(3)23)7-9-18-16(2)8-10-19-21(18,4)12-6-13-22(19,5)20(24)25/h15,19H,6-14H2,1-5H3,(H,24,25)/t15-,19+,21+,22?/m0/s1. The minimum atomic E-state index is -0.623. The number of rotatable bonds is 7. The molecule has 1 saturated carbocycles. The first-order chi connectivity index (χ1) is 12.1. The molecule has 0 aliphatic heterocycles. The van der Waals surface area contributed by atoms with Crippen LogP contribution in [-0.4, -0.2) is 23.7 Å². The summed E-state index contributed by atoms with van der Waals surface area (Å²) in [6, 6.07) is 0. The lowest BCUT2D eigenvalue weighted by Gasteiger charge is -2.54. The van der Waals surface area contributed by atoms with E-state index in [0.29, 0.717) is 12.5 Å². The van der Waals surface area contributed by atoms with E-state index in [1.165, 1.54) is 18.1 Å². The topological polar surface area (TPSA) is 63.6 Å². The maximum atomic E-state index is 12.0. The summed E-state index contributed by atoms with van der Waals surface area (Å²) in [5.41, 5.74) is 2.41. The summed E-state index contributed by atoms with van der Waals surface area (Å²) >= 11 is 0. The van der Waals surface area contributed by atoms with E-state index < -0.39 is 11.4 Å². The average Bonchev–Trinajstić information content (AvgIpc) is 2.53. The summed E-state index contributed by atoms with van der Waals surface area (Å²) in [5.74, 6) is -0.111. The highest BCUT2D eigenvalue weighted by Crippen LogP contribution is 2.60. The number of hydrogen-bond acceptors (Lipinski definition) is 3. The lowest BCUT2D eigenvalue weighted by molar-refractivity contribution is -0.159. The molecule has 0 aromatic rings. The van der Waals surface area contributed by atoms with Gasteiger partial charge in [0.15, 0.2) is 0 Å². The number of aliphatic carboxylic acids is 1. The Bertz CT molecular complexity index is 579. The fourth-order valence-electron chi connectivity index (χ4n) is 5.57. The van der Waals surface area contributed by atoms with Gasteiger partial charge in [0.1, 0.15) is 0 Å². The minimum absolute atomic E-state index is 0.0172. The van der Waals surface area contributed by atoms with Crippen molar-refractivity contribution in [3.05, 3.63) is 11.1 Å². The van der Waals surface area contributed by atoms with Gasteiger partial charge in [-0.3, -0.25) is 9.59 Å². The maximum Gasteiger partial charge on any atom is 0.309 e. The normalized spacial score (nSPS) is 32.7. The lowest BCUT2D eigenvalue weighted by atomic mass is 9.49. The van der Waals surface area contributed by atoms with Crippen LogP contribution in [0, 0.1) is 22.7 Å². The summed E-state index contributed by atoms with van der Waals surface area (Å²) in [5, 5.41) is 9.91. The van der Waals surface area contributed by atoms with Crippen LogP contribution in [-0.2, 0) is 14.3 Å². The second-order valence-electron chi connectivity index (χ2n) is 9.12. The van der Waals surface area contributed by atoms with Crippen molar-refractivity contribution in [2.24, 2.45) is 22.7 Å². The number of carbonyl (C=O) groups is 2. The number of carbonyl (C=O) groups excluding carboxylic acids is 1. The van der Waals surface area contributed by atoms with Crippen molar-refractivity contribution in [3.63, 3.8) is 0 Å². The molecule has 0 aromatic carbocycles. The van der Waals surface area contributed by atoms with Gasteiger partial charge in [-0.15, -0.1) is 0 Å². The summed E-state index contributed by atoms with van der Waals surface area (Å²) in [6.07, 6.45) is 7.92. The first-order valence-corrected chi connectivity index (χ1v) is 10.2. The molecule has 4 heteroatoms. The molecule has 0 saturated heterocycles. The highest BCUT2D eigenvalue weighted by atomic mass is 16.5. The first kappa shape index (κ1) is 21.0. The zero-order valence-electron chi connectivity index (χ0n) is 17.2. The number of allylic oxidation sites excluding steroid dienone is 2. The first-order valence-electron chi connectivity index (χ1n) is 10.2. The van der Waals surface area contributed by atoms with Crippen LogP contribution in [0.25, 0.3) is 0 Å². The Kier molecular flexibility index (Phi) is 6.57. The SMILES string of the molecule is CC(=O)OCC[C@@H](C)CCC1=C(C)CC[C@H]2C(C)(C(=O)O)CCC[C@]12C. The van der Waals surface area contributed by atoms with E-state index in [0.717, 1.165) is 51.4 Å². The molecule has 0 heterocycles. The van der Waals surface area contributed by atoms with Crippen LogP contribution in [0.3, 0.4) is 0 Å². The van der Waals surface area contributed by atoms with E-state index in [4.69, 9.17) is 4.74 Å². The van der Waals surface area contributed by atoms with E-state index in [1.54, 1.807) is 0 Å². The van der Waals surface area contributed by atoms with Crippen LogP contribution in [0.5, 0.6) is 0 Å². The third-order valence-corrected chi connectivity index (χ3v) is 7.23. The van der Waals surface area contributed by atoms with E-state index in [-0.39, 0.29) is 17.3 Å². The molecule has 1 fully saturated rings. The quantitative estimate of drug-likeness (QED) is 0.488. The molecule has 0 spiro atoms. The Labute approximate surface area is 158 Å². The van der Waals surface area contributed by atoms with Gasteiger partial charge >= 0.3 is 11.9 Å². The van der Waals surface area contributed by atoms with Gasteiger partial charge in [0, 0.05) is 6.92 Å². The van der Waals surface area contributed by atoms with Gasteiger partial charge in [-0.25, -0.2) is 0 Å². The predicted octanol–water partition coefficient (Wildman–Crippen LogP) is 5.36. The van der Waals surface area contributed by atoms with Gasteiger partial charge in [-0.2, -0.15) is 0 Å². The number of esters is 1. The van der Waals surface area contributed by atoms with Crippen molar-refractivity contribution >= 4 is 11.9 Å². The maximum absolute atomic E-state index is 12.0. The summed E-state index contributed by atoms with van der Waals surface area (Å²) in [7, 11) is 0. The smallest absolute Gasteiger partial charge is 0.309 e. The molecule has 2 aliphatic carbocycles. The fourth-order valence-corrected chi connectivity index (χ4v) is 5.57. The van der Waals surface area contributed by atoms with E-state index in [1.807, 2.05) is 6.92 Å². The molecule has 2 rings (SSSR count). The number of carboxylic acids is 1. The Morgan fingerprint density at radius 1 is 1.27 bits per heavy atom. The molecule has 4 atom stereocenters. The van der Waals surface area contributed by atoms with Crippen molar-refractivity contribution in [2.75, 3.05) is 6.61 Å². The van der Waals surface area contributed by atoms with Crippen molar-refractivity contribution in [1.82, 2.24) is 0 Å². The zero-order valence-corrected chi connectivity index (χ0v) is 17.2. The molecule has 0 bridgehead atoms. The number of ether oxygens (including phenoxy) is 1. The highest BCUT2D eigenvalue weighted by Gasteiger charge is 2.55. The highest BCUT2D eigenvalue weighted by molar-refractivity contribution is 5.75. The van der Waals surface area contributed by atoms with Crippen LogP contribution < -0.4 is 0 Å². The largest absolute Gasteiger partial charge is 0.481 e. The summed E-state index contributed by atoms with van der Waals surface area (Å²) < 4.78 is 5.07. The van der Waals surface area contributed by atoms with Crippen LogP contribution in [0.2, 0.25) is 0 Å². The second kappa shape index (κ2) is 8.14. The van der Waals surface area contributed by atoms with Gasteiger partial charge in [0.2, 0.25) is 0 Å². The molecule has 2 aliphatic rings. The second-order valence-corrected chi connectivity index (χ2v) is 9.12. The molecule has 1 N–H and O–H groups in total. The molecule has 148 valence electrons. The number of carboxylic acid groups (broad SMARTS) is 1. The average molecular weight is 365 g/mol. The van der Waals surface area contributed by atoms with Crippen LogP contribution in [0.4, 0.5) is 0 Å². The third-order valence-electron chi connectivity index (χ3n) is 7.23. The van der Waals surface area contributed by atoms with E-state index in [9.17, 15) is 14.7 Å². The molecular weight excluding hydrogens is 328 g/mol. The van der Waals surface area contributed by atoms with Crippen LogP contribution in [0.1, 0.15) is 86.0 Å². The van der Waals surface area contributed by atoms with Gasteiger partial charge in [-0.1, -0.05) is 31.4 Å². The summed E-state index contributed by atoms with van der Waals surface area (Å²) in [4.78, 5) is 23.0. The molecule has 26 heavy (non-hydrogen) atoms. The zero-order chi connectivity index (χ0) is 19.5. The van der Waals surface area contributed by atoms with Gasteiger partial charge in [0.05, 0.1) is 12.0 Å². The molecule has 0 radical (unpaired) electrons. The molecule has 0 aromatic heterocycles. The van der Waals surface area contributed by atoms with Gasteiger partial charge in [-0.05, 0) is 76.0 Å². The fraction of sp³-hybridized carbons (Fsp3) is 0.818. The molecule has 1 unspecified atom stereocenters. The number of fused-ring (bicyclic) bond motifs is 1. The summed E-state index contributed by atoms with van der Waals surface area (Å²) in [6.45, 7) is 10.7. The Morgan fingerprint density at radius 2 is 1.96 bits per heavy atom. The molecule has 4 nitrogen and oxygen atoms in total. The van der Waals surface area contributed by atoms with E-state index in [2.05, 4.69) is 20.8 Å². The van der Waals surface area contributed by atoms with Crippen molar-refractivity contribution in [3.8, 4) is 0 Å². The lowest BCUT2D eigenvalue weighted by Crippen LogP contribution is -2.50. The van der Waals surface area contributed by atoms with Gasteiger partial charge in [0.25, 0.3) is 0 Å². The minimum Gasteiger partial charge on any atom is -0.481 e.